The minimum absolute atomic E-state index is 0.216. The SMILES string of the molecule is CN=C(NCCCSc1ccc(F)cc1)NCC(C)C(=O)OC. The zero-order valence-electron chi connectivity index (χ0n) is 13.8. The van der Waals surface area contributed by atoms with Gasteiger partial charge in [0, 0.05) is 25.0 Å². The van der Waals surface area contributed by atoms with Gasteiger partial charge in [-0.3, -0.25) is 9.79 Å². The van der Waals surface area contributed by atoms with E-state index in [9.17, 15) is 9.18 Å². The number of esters is 1. The number of methoxy groups -OCH3 is 1. The Balaban J connectivity index is 2.17. The standard InChI is InChI=1S/C16H24FN3O2S/c1-12(15(21)22-3)11-20-16(18-2)19-9-4-10-23-14-7-5-13(17)6-8-14/h5-8,12H,4,9-11H2,1-3H3,(H2,18,19,20). The number of halogens is 1. The molecule has 128 valence electrons. The monoisotopic (exact) mass is 341 g/mol. The number of ether oxygens (including phenoxy) is 1. The second kappa shape index (κ2) is 10.9. The van der Waals surface area contributed by atoms with Crippen molar-refractivity contribution in [3.63, 3.8) is 0 Å². The van der Waals surface area contributed by atoms with Gasteiger partial charge in [0.2, 0.25) is 0 Å². The number of thioether (sulfide) groups is 1. The molecule has 0 radical (unpaired) electrons. The van der Waals surface area contributed by atoms with Crippen LogP contribution in [-0.4, -0.2) is 44.9 Å². The van der Waals surface area contributed by atoms with Crippen molar-refractivity contribution in [3.8, 4) is 0 Å². The zero-order valence-corrected chi connectivity index (χ0v) is 14.6. The molecule has 2 N–H and O–H groups in total. The number of rotatable bonds is 8. The summed E-state index contributed by atoms with van der Waals surface area (Å²) in [7, 11) is 3.07. The van der Waals surface area contributed by atoms with E-state index in [0.29, 0.717) is 12.5 Å². The molecule has 23 heavy (non-hydrogen) atoms. The minimum atomic E-state index is -0.247. The van der Waals surface area contributed by atoms with E-state index < -0.39 is 0 Å². The molecular weight excluding hydrogens is 317 g/mol. The number of hydrogen-bond acceptors (Lipinski definition) is 4. The Bertz CT molecular complexity index is 509. The Morgan fingerprint density at radius 1 is 1.35 bits per heavy atom. The summed E-state index contributed by atoms with van der Waals surface area (Å²) in [5, 5.41) is 6.28. The van der Waals surface area contributed by atoms with Gasteiger partial charge < -0.3 is 15.4 Å². The molecule has 1 atom stereocenters. The van der Waals surface area contributed by atoms with Gasteiger partial charge in [0.25, 0.3) is 0 Å². The summed E-state index contributed by atoms with van der Waals surface area (Å²) in [6, 6.07) is 6.49. The van der Waals surface area contributed by atoms with Gasteiger partial charge in [0.15, 0.2) is 5.96 Å². The van der Waals surface area contributed by atoms with Crippen LogP contribution in [0.1, 0.15) is 13.3 Å². The molecule has 5 nitrogen and oxygen atoms in total. The third-order valence-electron chi connectivity index (χ3n) is 3.10. The first-order valence-electron chi connectivity index (χ1n) is 7.47. The Morgan fingerprint density at radius 3 is 2.65 bits per heavy atom. The van der Waals surface area contributed by atoms with Crippen molar-refractivity contribution in [2.75, 3.05) is 33.0 Å². The fourth-order valence-electron chi connectivity index (χ4n) is 1.75. The molecule has 1 unspecified atom stereocenters. The van der Waals surface area contributed by atoms with Crippen LogP contribution >= 0.6 is 11.8 Å². The van der Waals surface area contributed by atoms with E-state index in [1.807, 2.05) is 0 Å². The molecule has 1 rings (SSSR count). The maximum absolute atomic E-state index is 12.8. The van der Waals surface area contributed by atoms with E-state index in [4.69, 9.17) is 0 Å². The van der Waals surface area contributed by atoms with Crippen LogP contribution in [0.2, 0.25) is 0 Å². The zero-order chi connectivity index (χ0) is 17.1. The summed E-state index contributed by atoms with van der Waals surface area (Å²) >= 11 is 1.69. The molecule has 0 heterocycles. The van der Waals surface area contributed by atoms with Gasteiger partial charge in [0.1, 0.15) is 5.82 Å². The average molecular weight is 341 g/mol. The number of guanidine groups is 1. The summed E-state index contributed by atoms with van der Waals surface area (Å²) in [6.45, 7) is 3.03. The molecule has 0 aliphatic heterocycles. The molecule has 0 amide bonds. The van der Waals surface area contributed by atoms with Crippen LogP contribution in [0.3, 0.4) is 0 Å². The molecule has 0 saturated heterocycles. The molecule has 7 heteroatoms. The summed E-state index contributed by atoms with van der Waals surface area (Å²) in [4.78, 5) is 16.5. The van der Waals surface area contributed by atoms with E-state index in [1.54, 1.807) is 37.9 Å². The third-order valence-corrected chi connectivity index (χ3v) is 4.20. The van der Waals surface area contributed by atoms with Crippen molar-refractivity contribution in [2.24, 2.45) is 10.9 Å². The van der Waals surface area contributed by atoms with E-state index in [1.165, 1.54) is 19.2 Å². The Labute approximate surface area is 141 Å². The van der Waals surface area contributed by atoms with Crippen LogP contribution in [0, 0.1) is 11.7 Å². The predicted molar refractivity (Wildman–Crippen MR) is 92.3 cm³/mol. The fraction of sp³-hybridized carbons (Fsp3) is 0.500. The van der Waals surface area contributed by atoms with Gasteiger partial charge in [-0.1, -0.05) is 6.92 Å². The summed E-state index contributed by atoms with van der Waals surface area (Å²) in [5.41, 5.74) is 0. The molecule has 0 saturated carbocycles. The van der Waals surface area contributed by atoms with Crippen LogP contribution in [0.5, 0.6) is 0 Å². The first-order chi connectivity index (χ1) is 11.1. The Hall–Kier alpha value is -1.76. The third kappa shape index (κ3) is 7.88. The van der Waals surface area contributed by atoms with E-state index in [2.05, 4.69) is 20.4 Å². The molecule has 1 aromatic rings. The molecule has 0 fully saturated rings. The minimum Gasteiger partial charge on any atom is -0.469 e. The van der Waals surface area contributed by atoms with Gasteiger partial charge in [-0.25, -0.2) is 4.39 Å². The molecule has 0 aliphatic rings. The fourth-order valence-corrected chi connectivity index (χ4v) is 2.61. The number of nitrogens with one attached hydrogen (secondary N) is 2. The molecule has 1 aromatic carbocycles. The first kappa shape index (κ1) is 19.3. The number of carbonyl (C=O) groups excluding carboxylic acids is 1. The van der Waals surface area contributed by atoms with Crippen molar-refractivity contribution < 1.29 is 13.9 Å². The Kier molecular flexibility index (Phi) is 9.12. The van der Waals surface area contributed by atoms with Crippen LogP contribution in [0.4, 0.5) is 4.39 Å². The summed E-state index contributed by atoms with van der Waals surface area (Å²) < 4.78 is 17.5. The molecule has 0 spiro atoms. The predicted octanol–water partition coefficient (Wildman–Crippen LogP) is 2.28. The van der Waals surface area contributed by atoms with Crippen molar-refractivity contribution in [3.05, 3.63) is 30.1 Å². The molecule has 0 aromatic heterocycles. The van der Waals surface area contributed by atoms with Gasteiger partial charge in [-0.15, -0.1) is 11.8 Å². The maximum Gasteiger partial charge on any atom is 0.310 e. The number of benzene rings is 1. The van der Waals surface area contributed by atoms with Gasteiger partial charge in [-0.05, 0) is 36.4 Å². The highest BCUT2D eigenvalue weighted by atomic mass is 32.2. The lowest BCUT2D eigenvalue weighted by Crippen LogP contribution is -2.41. The lowest BCUT2D eigenvalue weighted by Gasteiger charge is -2.14. The van der Waals surface area contributed by atoms with Crippen molar-refractivity contribution in [1.29, 1.82) is 0 Å². The maximum atomic E-state index is 12.8. The molecular formula is C16H24FN3O2S. The Morgan fingerprint density at radius 2 is 2.04 bits per heavy atom. The molecule has 0 bridgehead atoms. The van der Waals surface area contributed by atoms with Crippen LogP contribution in [0.25, 0.3) is 0 Å². The van der Waals surface area contributed by atoms with Crippen molar-refractivity contribution >= 4 is 23.7 Å². The van der Waals surface area contributed by atoms with Gasteiger partial charge >= 0.3 is 5.97 Å². The van der Waals surface area contributed by atoms with Crippen molar-refractivity contribution in [2.45, 2.75) is 18.2 Å². The normalized spacial score (nSPS) is 12.6. The van der Waals surface area contributed by atoms with E-state index >= 15 is 0 Å². The molecule has 0 aliphatic carbocycles. The van der Waals surface area contributed by atoms with E-state index in [0.717, 1.165) is 23.6 Å². The van der Waals surface area contributed by atoms with Crippen LogP contribution in [-0.2, 0) is 9.53 Å². The highest BCUT2D eigenvalue weighted by molar-refractivity contribution is 7.99. The highest BCUT2D eigenvalue weighted by Gasteiger charge is 2.13. The number of nitrogens with zero attached hydrogens (tertiary/aromatic N) is 1. The van der Waals surface area contributed by atoms with E-state index in [-0.39, 0.29) is 17.7 Å². The van der Waals surface area contributed by atoms with Crippen LogP contribution < -0.4 is 10.6 Å². The average Bonchev–Trinajstić information content (AvgIpc) is 2.57. The number of hydrogen-bond donors (Lipinski definition) is 2. The smallest absolute Gasteiger partial charge is 0.310 e. The highest BCUT2D eigenvalue weighted by Crippen LogP contribution is 2.18. The number of carbonyl (C=O) groups is 1. The van der Waals surface area contributed by atoms with Crippen LogP contribution in [0.15, 0.2) is 34.2 Å². The lowest BCUT2D eigenvalue weighted by atomic mass is 10.2. The second-order valence-corrected chi connectivity index (χ2v) is 6.13. The summed E-state index contributed by atoms with van der Waals surface area (Å²) in [6.07, 6.45) is 0.940. The number of aliphatic imine (C=N–C) groups is 1. The quantitative estimate of drug-likeness (QED) is 0.250. The van der Waals surface area contributed by atoms with Gasteiger partial charge in [-0.2, -0.15) is 0 Å². The topological polar surface area (TPSA) is 62.7 Å². The lowest BCUT2D eigenvalue weighted by molar-refractivity contribution is -0.144. The van der Waals surface area contributed by atoms with Gasteiger partial charge in [0.05, 0.1) is 13.0 Å². The first-order valence-corrected chi connectivity index (χ1v) is 8.46. The van der Waals surface area contributed by atoms with Crippen molar-refractivity contribution in [1.82, 2.24) is 10.6 Å². The largest absolute Gasteiger partial charge is 0.469 e. The second-order valence-electron chi connectivity index (χ2n) is 4.96. The summed E-state index contributed by atoms with van der Waals surface area (Å²) in [5.74, 6) is 0.893.